The number of carbonyl (C=O) groups excluding carboxylic acids is 2. The van der Waals surface area contributed by atoms with Crippen molar-refractivity contribution >= 4 is 40.0 Å². The van der Waals surface area contributed by atoms with E-state index in [9.17, 15) is 9.59 Å². The highest BCUT2D eigenvalue weighted by Crippen LogP contribution is 2.36. The van der Waals surface area contributed by atoms with E-state index in [-0.39, 0.29) is 18.3 Å². The molecular weight excluding hydrogens is 464 g/mol. The topological polar surface area (TPSA) is 105 Å². The van der Waals surface area contributed by atoms with Crippen LogP contribution in [0, 0.1) is 0 Å². The number of hydrogen-bond donors (Lipinski definition) is 1. The van der Waals surface area contributed by atoms with Gasteiger partial charge < -0.3 is 24.1 Å². The van der Waals surface area contributed by atoms with Crippen molar-refractivity contribution in [3.63, 3.8) is 0 Å². The van der Waals surface area contributed by atoms with Crippen LogP contribution in [0.25, 0.3) is 0 Å². The van der Waals surface area contributed by atoms with Crippen LogP contribution >= 0.6 is 23.1 Å². The summed E-state index contributed by atoms with van der Waals surface area (Å²) in [6.07, 6.45) is 0.368. The van der Waals surface area contributed by atoms with Crippen LogP contribution in [0.1, 0.15) is 41.0 Å². The van der Waals surface area contributed by atoms with Gasteiger partial charge in [0.25, 0.3) is 0 Å². The number of benzene rings is 1. The number of thiophene rings is 1. The molecule has 0 bridgehead atoms. The highest BCUT2D eigenvalue weighted by atomic mass is 32.2. The van der Waals surface area contributed by atoms with Gasteiger partial charge in [-0.3, -0.25) is 4.79 Å². The molecule has 1 aromatic carbocycles. The maximum absolute atomic E-state index is 12.6. The van der Waals surface area contributed by atoms with Crippen LogP contribution < -0.4 is 14.8 Å². The van der Waals surface area contributed by atoms with Crippen LogP contribution in [0.15, 0.2) is 35.5 Å². The molecule has 1 aliphatic rings. The lowest BCUT2D eigenvalue weighted by molar-refractivity contribution is -0.113. The first-order chi connectivity index (χ1) is 16.0. The molecule has 0 fully saturated rings. The zero-order chi connectivity index (χ0) is 23.4. The molecule has 0 spiro atoms. The molecule has 1 amide bonds. The number of esters is 1. The minimum Gasteiger partial charge on any atom is -0.485 e. The third kappa shape index (κ3) is 5.14. The summed E-state index contributed by atoms with van der Waals surface area (Å²) in [7, 11) is 1.82. The Morgan fingerprint density at radius 3 is 2.82 bits per heavy atom. The van der Waals surface area contributed by atoms with Gasteiger partial charge in [0.05, 0.1) is 17.9 Å². The molecule has 3 heterocycles. The minimum atomic E-state index is -0.439. The van der Waals surface area contributed by atoms with Gasteiger partial charge in [0.2, 0.25) is 5.91 Å². The molecule has 2 aromatic heterocycles. The third-order valence-electron chi connectivity index (χ3n) is 4.88. The molecule has 1 N–H and O–H groups in total. The molecule has 174 valence electrons. The van der Waals surface area contributed by atoms with E-state index in [4.69, 9.17) is 14.2 Å². The molecule has 0 saturated carbocycles. The normalized spacial score (nSPS) is 14.7. The van der Waals surface area contributed by atoms with Crippen LogP contribution in [0.4, 0.5) is 5.00 Å². The highest BCUT2D eigenvalue weighted by Gasteiger charge is 2.27. The fraction of sp³-hybridized carbons (Fsp3) is 0.364. The Kier molecular flexibility index (Phi) is 7.19. The van der Waals surface area contributed by atoms with Gasteiger partial charge in [0.1, 0.15) is 11.6 Å². The number of anilines is 1. The van der Waals surface area contributed by atoms with Crippen LogP contribution in [0.5, 0.6) is 11.5 Å². The van der Waals surface area contributed by atoms with E-state index in [0.717, 1.165) is 11.3 Å². The third-order valence-corrected chi connectivity index (χ3v) is 7.09. The Morgan fingerprint density at radius 1 is 1.27 bits per heavy atom. The molecular formula is C22H24N4O5S2. The van der Waals surface area contributed by atoms with Gasteiger partial charge in [-0.05, 0) is 31.5 Å². The van der Waals surface area contributed by atoms with Crippen molar-refractivity contribution in [1.29, 1.82) is 0 Å². The summed E-state index contributed by atoms with van der Waals surface area (Å²) in [5.74, 6) is 1.40. The molecule has 1 unspecified atom stereocenters. The number of fused-ring (bicyclic) bond motifs is 1. The lowest BCUT2D eigenvalue weighted by atomic mass is 10.2. The molecule has 33 heavy (non-hydrogen) atoms. The predicted molar refractivity (Wildman–Crippen MR) is 125 cm³/mol. The maximum atomic E-state index is 12.6. The van der Waals surface area contributed by atoms with E-state index in [1.54, 1.807) is 17.6 Å². The molecule has 1 aliphatic heterocycles. The molecule has 0 radical (unpaired) electrons. The molecule has 3 aromatic rings. The number of nitrogens with zero attached hydrogens (tertiary/aromatic N) is 3. The van der Waals surface area contributed by atoms with Crippen molar-refractivity contribution in [1.82, 2.24) is 14.8 Å². The summed E-state index contributed by atoms with van der Waals surface area (Å²) in [6, 6.07) is 9.24. The van der Waals surface area contributed by atoms with Crippen LogP contribution in [0.2, 0.25) is 0 Å². The van der Waals surface area contributed by atoms with Crippen LogP contribution in [-0.2, 0) is 23.0 Å². The zero-order valence-electron chi connectivity index (χ0n) is 18.5. The van der Waals surface area contributed by atoms with Gasteiger partial charge >= 0.3 is 5.97 Å². The molecule has 4 rings (SSSR count). The van der Waals surface area contributed by atoms with Gasteiger partial charge in [-0.15, -0.1) is 21.5 Å². The number of nitrogens with one attached hydrogen (secondary N) is 1. The first-order valence-corrected chi connectivity index (χ1v) is 12.3. The number of ether oxygens (including phenoxy) is 3. The molecule has 11 heteroatoms. The maximum Gasteiger partial charge on any atom is 0.341 e. The van der Waals surface area contributed by atoms with Gasteiger partial charge in [0.15, 0.2) is 28.6 Å². The number of aryl methyl sites for hydroxylation is 1. The van der Waals surface area contributed by atoms with Crippen molar-refractivity contribution in [3.05, 3.63) is 46.6 Å². The number of thioether (sulfide) groups is 1. The second-order valence-electron chi connectivity index (χ2n) is 7.13. The molecule has 0 saturated heterocycles. The largest absolute Gasteiger partial charge is 0.485 e. The molecule has 9 nitrogen and oxygen atoms in total. The fourth-order valence-electron chi connectivity index (χ4n) is 3.24. The Hall–Kier alpha value is -3.05. The number of hydrogen-bond acceptors (Lipinski definition) is 9. The van der Waals surface area contributed by atoms with Crippen LogP contribution in [0.3, 0.4) is 0 Å². The van der Waals surface area contributed by atoms with Crippen molar-refractivity contribution in [3.8, 4) is 11.5 Å². The van der Waals surface area contributed by atoms with Gasteiger partial charge in [-0.25, -0.2) is 4.79 Å². The summed E-state index contributed by atoms with van der Waals surface area (Å²) in [5, 5.41) is 12.4. The van der Waals surface area contributed by atoms with Crippen molar-refractivity contribution in [2.45, 2.75) is 31.5 Å². The minimum absolute atomic E-state index is 0.110. The standard InChI is InChI=1S/C22H24N4O5S2/c1-4-13-10-14(21(28)29-5-2)20(33-13)23-18(27)12-32-22-25-24-19(26(22)3)17-11-30-15-8-6-7-9-16(15)31-17/h6-10,17H,4-5,11-12H2,1-3H3,(H,23,27). The first kappa shape index (κ1) is 23.1. The summed E-state index contributed by atoms with van der Waals surface area (Å²) >= 11 is 2.63. The Bertz CT molecular complexity index is 1160. The van der Waals surface area contributed by atoms with Gasteiger partial charge in [0, 0.05) is 11.9 Å². The lowest BCUT2D eigenvalue weighted by Crippen LogP contribution is -2.24. The first-order valence-electron chi connectivity index (χ1n) is 10.5. The van der Waals surface area contributed by atoms with Crippen molar-refractivity contribution in [2.24, 2.45) is 7.05 Å². The van der Waals surface area contributed by atoms with E-state index < -0.39 is 12.1 Å². The predicted octanol–water partition coefficient (Wildman–Crippen LogP) is 3.86. The second-order valence-corrected chi connectivity index (χ2v) is 9.21. The smallest absolute Gasteiger partial charge is 0.341 e. The summed E-state index contributed by atoms with van der Waals surface area (Å²) < 4.78 is 18.7. The highest BCUT2D eigenvalue weighted by molar-refractivity contribution is 7.99. The van der Waals surface area contributed by atoms with Crippen LogP contribution in [-0.4, -0.2) is 45.6 Å². The summed E-state index contributed by atoms with van der Waals surface area (Å²) in [6.45, 7) is 4.34. The summed E-state index contributed by atoms with van der Waals surface area (Å²) in [5.41, 5.74) is 0.382. The Balaban J connectivity index is 1.39. The van der Waals surface area contributed by atoms with E-state index >= 15 is 0 Å². The number of amides is 1. The monoisotopic (exact) mass is 488 g/mol. The lowest BCUT2D eigenvalue weighted by Gasteiger charge is -2.25. The van der Waals surface area contributed by atoms with E-state index in [0.29, 0.717) is 39.7 Å². The van der Waals surface area contributed by atoms with E-state index in [1.165, 1.54) is 23.1 Å². The second kappa shape index (κ2) is 10.3. The Labute approximate surface area is 199 Å². The van der Waals surface area contributed by atoms with Crippen molar-refractivity contribution in [2.75, 3.05) is 24.3 Å². The summed E-state index contributed by atoms with van der Waals surface area (Å²) in [4.78, 5) is 25.8. The number of para-hydroxylation sites is 2. The average molecular weight is 489 g/mol. The molecule has 1 atom stereocenters. The quantitative estimate of drug-likeness (QED) is 0.377. The number of rotatable bonds is 8. The number of aromatic nitrogens is 3. The SMILES string of the molecule is CCOC(=O)c1cc(CC)sc1NC(=O)CSc1nnc(C2COc3ccccc3O2)n1C. The average Bonchev–Trinajstić information content (AvgIpc) is 3.40. The van der Waals surface area contributed by atoms with E-state index in [2.05, 4.69) is 15.5 Å². The van der Waals surface area contributed by atoms with E-state index in [1.807, 2.05) is 38.2 Å². The van der Waals surface area contributed by atoms with Crippen molar-refractivity contribution < 1.29 is 23.8 Å². The van der Waals surface area contributed by atoms with Gasteiger partial charge in [-0.1, -0.05) is 30.8 Å². The number of carbonyl (C=O) groups is 2. The fourth-order valence-corrected chi connectivity index (χ4v) is 4.96. The van der Waals surface area contributed by atoms with Gasteiger partial charge in [-0.2, -0.15) is 0 Å². The Morgan fingerprint density at radius 2 is 2.06 bits per heavy atom. The molecule has 0 aliphatic carbocycles. The zero-order valence-corrected chi connectivity index (χ0v) is 20.1.